The molecular weight excluding hydrogens is 362 g/mol. The SMILES string of the molecule is O=c1c2nnc(SCC3CCCOC3)n2ccn1-c1ccc(F)c(F)c1. The molecule has 3 heterocycles. The zero-order valence-corrected chi connectivity index (χ0v) is 14.6. The van der Waals surface area contributed by atoms with E-state index in [1.54, 1.807) is 10.6 Å². The Hall–Kier alpha value is -2.26. The van der Waals surface area contributed by atoms with Crippen LogP contribution in [0.4, 0.5) is 8.78 Å². The highest BCUT2D eigenvalue weighted by Crippen LogP contribution is 2.24. The maximum atomic E-state index is 13.5. The lowest BCUT2D eigenvalue weighted by Gasteiger charge is -2.20. The van der Waals surface area contributed by atoms with Gasteiger partial charge in [0.15, 0.2) is 16.8 Å². The lowest BCUT2D eigenvalue weighted by molar-refractivity contribution is 0.0632. The molecule has 0 radical (unpaired) electrons. The minimum atomic E-state index is -1.01. The third kappa shape index (κ3) is 3.24. The molecule has 4 rings (SSSR count). The Morgan fingerprint density at radius 1 is 1.23 bits per heavy atom. The summed E-state index contributed by atoms with van der Waals surface area (Å²) in [7, 11) is 0. The Labute approximate surface area is 151 Å². The fraction of sp³-hybridized carbons (Fsp3) is 0.353. The van der Waals surface area contributed by atoms with Gasteiger partial charge in [-0.25, -0.2) is 8.78 Å². The molecule has 0 bridgehead atoms. The number of ether oxygens (including phenoxy) is 1. The van der Waals surface area contributed by atoms with Crippen LogP contribution in [0.15, 0.2) is 40.5 Å². The van der Waals surface area contributed by atoms with Crippen molar-refractivity contribution in [1.29, 1.82) is 0 Å². The smallest absolute Gasteiger partial charge is 0.300 e. The largest absolute Gasteiger partial charge is 0.381 e. The third-order valence-corrected chi connectivity index (χ3v) is 5.50. The molecule has 6 nitrogen and oxygen atoms in total. The number of benzene rings is 1. The molecule has 1 unspecified atom stereocenters. The van der Waals surface area contributed by atoms with E-state index in [0.29, 0.717) is 11.1 Å². The summed E-state index contributed by atoms with van der Waals surface area (Å²) in [6.07, 6.45) is 5.33. The topological polar surface area (TPSA) is 61.4 Å². The first-order valence-corrected chi connectivity index (χ1v) is 9.24. The van der Waals surface area contributed by atoms with Gasteiger partial charge in [0, 0.05) is 30.8 Å². The first-order valence-electron chi connectivity index (χ1n) is 8.26. The van der Waals surface area contributed by atoms with Crippen molar-refractivity contribution in [2.75, 3.05) is 19.0 Å². The van der Waals surface area contributed by atoms with Crippen molar-refractivity contribution in [3.8, 4) is 5.69 Å². The predicted molar refractivity (Wildman–Crippen MR) is 92.8 cm³/mol. The monoisotopic (exact) mass is 378 g/mol. The maximum Gasteiger partial charge on any atom is 0.300 e. The van der Waals surface area contributed by atoms with Gasteiger partial charge in [-0.15, -0.1) is 10.2 Å². The third-order valence-electron chi connectivity index (χ3n) is 4.32. The minimum Gasteiger partial charge on any atom is -0.381 e. The van der Waals surface area contributed by atoms with Crippen molar-refractivity contribution < 1.29 is 13.5 Å². The second-order valence-electron chi connectivity index (χ2n) is 6.14. The lowest BCUT2D eigenvalue weighted by atomic mass is 10.1. The molecule has 0 spiro atoms. The number of aromatic nitrogens is 4. The fourth-order valence-corrected chi connectivity index (χ4v) is 3.97. The summed E-state index contributed by atoms with van der Waals surface area (Å²) in [6, 6.07) is 3.30. The number of thioether (sulfide) groups is 1. The second kappa shape index (κ2) is 7.16. The van der Waals surface area contributed by atoms with Gasteiger partial charge in [-0.1, -0.05) is 11.8 Å². The molecule has 136 valence electrons. The minimum absolute atomic E-state index is 0.139. The summed E-state index contributed by atoms with van der Waals surface area (Å²) < 4.78 is 34.9. The zero-order chi connectivity index (χ0) is 18.1. The molecule has 1 atom stereocenters. The Morgan fingerprint density at radius 2 is 2.12 bits per heavy atom. The fourth-order valence-electron chi connectivity index (χ4n) is 2.93. The van der Waals surface area contributed by atoms with Gasteiger partial charge in [-0.2, -0.15) is 0 Å². The van der Waals surface area contributed by atoms with Crippen molar-refractivity contribution in [3.05, 3.63) is 52.6 Å². The molecule has 1 aliphatic heterocycles. The van der Waals surface area contributed by atoms with E-state index in [1.165, 1.54) is 28.6 Å². The summed E-state index contributed by atoms with van der Waals surface area (Å²) in [5.41, 5.74) is -0.0774. The maximum absolute atomic E-state index is 13.5. The Balaban J connectivity index is 1.62. The molecule has 3 aromatic rings. The molecule has 0 aliphatic carbocycles. The van der Waals surface area contributed by atoms with Gasteiger partial charge in [-0.05, 0) is 30.9 Å². The number of rotatable bonds is 4. The molecular formula is C17H16F2N4O2S. The van der Waals surface area contributed by atoms with E-state index in [0.717, 1.165) is 43.9 Å². The van der Waals surface area contributed by atoms with Crippen molar-refractivity contribution >= 4 is 17.4 Å². The molecule has 26 heavy (non-hydrogen) atoms. The second-order valence-corrected chi connectivity index (χ2v) is 7.13. The van der Waals surface area contributed by atoms with E-state index in [2.05, 4.69) is 10.2 Å². The van der Waals surface area contributed by atoms with Crippen LogP contribution in [-0.4, -0.2) is 38.1 Å². The summed E-state index contributed by atoms with van der Waals surface area (Å²) in [5.74, 6) is -0.673. The zero-order valence-electron chi connectivity index (χ0n) is 13.8. The number of hydrogen-bond acceptors (Lipinski definition) is 5. The average molecular weight is 378 g/mol. The van der Waals surface area contributed by atoms with E-state index >= 15 is 0 Å². The van der Waals surface area contributed by atoms with Gasteiger partial charge in [0.25, 0.3) is 0 Å². The molecule has 2 aromatic heterocycles. The van der Waals surface area contributed by atoms with Crippen LogP contribution in [0.3, 0.4) is 0 Å². The lowest BCUT2D eigenvalue weighted by Crippen LogP contribution is -2.21. The van der Waals surface area contributed by atoms with E-state index in [1.807, 2.05) is 0 Å². The van der Waals surface area contributed by atoms with Crippen LogP contribution in [-0.2, 0) is 4.74 Å². The van der Waals surface area contributed by atoms with Crippen LogP contribution < -0.4 is 5.56 Å². The highest BCUT2D eigenvalue weighted by Gasteiger charge is 2.17. The highest BCUT2D eigenvalue weighted by molar-refractivity contribution is 7.99. The van der Waals surface area contributed by atoms with Crippen LogP contribution >= 0.6 is 11.8 Å². The normalized spacial score (nSPS) is 17.7. The van der Waals surface area contributed by atoms with Crippen LogP contribution in [0.2, 0.25) is 0 Å². The van der Waals surface area contributed by atoms with Gasteiger partial charge in [0.1, 0.15) is 0 Å². The van der Waals surface area contributed by atoms with Crippen molar-refractivity contribution in [1.82, 2.24) is 19.2 Å². The van der Waals surface area contributed by atoms with Crippen LogP contribution in [0.25, 0.3) is 11.3 Å². The summed E-state index contributed by atoms with van der Waals surface area (Å²) >= 11 is 1.53. The molecule has 1 fully saturated rings. The van der Waals surface area contributed by atoms with Gasteiger partial charge >= 0.3 is 5.56 Å². The summed E-state index contributed by atoms with van der Waals surface area (Å²) in [5, 5.41) is 8.69. The standard InChI is InChI=1S/C17H16F2N4O2S/c18-13-4-3-12(8-14(13)19)22-5-6-23-15(16(22)24)20-21-17(23)26-10-11-2-1-7-25-9-11/h3-6,8,11H,1-2,7,9-10H2. The van der Waals surface area contributed by atoms with Gasteiger partial charge < -0.3 is 4.74 Å². The molecule has 9 heteroatoms. The molecule has 0 N–H and O–H groups in total. The molecule has 1 aliphatic rings. The molecule has 1 aromatic carbocycles. The van der Waals surface area contributed by atoms with E-state index < -0.39 is 17.2 Å². The van der Waals surface area contributed by atoms with E-state index in [9.17, 15) is 13.6 Å². The average Bonchev–Trinajstić information content (AvgIpc) is 3.08. The Bertz CT molecular complexity index is 998. The van der Waals surface area contributed by atoms with Crippen molar-refractivity contribution in [2.45, 2.75) is 18.0 Å². The molecule has 0 saturated carbocycles. The van der Waals surface area contributed by atoms with Gasteiger partial charge in [0.05, 0.1) is 12.3 Å². The number of nitrogens with zero attached hydrogens (tertiary/aromatic N) is 4. The van der Waals surface area contributed by atoms with Gasteiger partial charge in [-0.3, -0.25) is 13.8 Å². The predicted octanol–water partition coefficient (Wildman–Crippen LogP) is 2.68. The Kier molecular flexibility index (Phi) is 4.73. The number of hydrogen-bond donors (Lipinski definition) is 0. The number of fused-ring (bicyclic) bond motifs is 1. The van der Waals surface area contributed by atoms with Crippen LogP contribution in [0.5, 0.6) is 0 Å². The number of halogens is 2. The quantitative estimate of drug-likeness (QED) is 0.654. The molecule has 1 saturated heterocycles. The highest BCUT2D eigenvalue weighted by atomic mass is 32.2. The van der Waals surface area contributed by atoms with E-state index in [4.69, 9.17) is 4.74 Å². The Morgan fingerprint density at radius 3 is 2.88 bits per heavy atom. The first kappa shape index (κ1) is 17.2. The van der Waals surface area contributed by atoms with Gasteiger partial charge in [0.2, 0.25) is 5.65 Å². The van der Waals surface area contributed by atoms with Crippen molar-refractivity contribution in [3.63, 3.8) is 0 Å². The van der Waals surface area contributed by atoms with Crippen LogP contribution in [0, 0.1) is 17.6 Å². The van der Waals surface area contributed by atoms with Crippen LogP contribution in [0.1, 0.15) is 12.8 Å². The summed E-state index contributed by atoms with van der Waals surface area (Å²) in [6.45, 7) is 1.56. The van der Waals surface area contributed by atoms with E-state index in [-0.39, 0.29) is 11.3 Å². The summed E-state index contributed by atoms with van der Waals surface area (Å²) in [4.78, 5) is 12.6. The van der Waals surface area contributed by atoms with Crippen molar-refractivity contribution in [2.24, 2.45) is 5.92 Å². The first-order chi connectivity index (χ1) is 12.6. The molecule has 0 amide bonds.